The summed E-state index contributed by atoms with van der Waals surface area (Å²) in [6, 6.07) is 0. The van der Waals surface area contributed by atoms with Crippen molar-refractivity contribution in [1.29, 1.82) is 0 Å². The maximum atomic E-state index is 12.0. The molecule has 0 aromatic heterocycles. The molecule has 98 valence electrons. The third-order valence-corrected chi connectivity index (χ3v) is 3.09. The predicted octanol–water partition coefficient (Wildman–Crippen LogP) is 2.15. The van der Waals surface area contributed by atoms with E-state index in [2.05, 4.69) is 0 Å². The van der Waals surface area contributed by atoms with Gasteiger partial charge in [0.25, 0.3) is 0 Å². The zero-order chi connectivity index (χ0) is 13.6. The highest BCUT2D eigenvalue weighted by atomic mass is 16.5. The standard InChI is InChI=1S/C13H22O4/c1-6-13(4,5)11(15)8-10(9(3)14)12(16)17-7-2/h10H,6-8H2,1-5H3/t10-/m0/s1. The van der Waals surface area contributed by atoms with Gasteiger partial charge < -0.3 is 4.74 Å². The Morgan fingerprint density at radius 3 is 2.06 bits per heavy atom. The number of Topliss-reactive ketones (excluding diaryl/α,β-unsaturated/α-hetero) is 2. The molecule has 0 saturated carbocycles. The van der Waals surface area contributed by atoms with Gasteiger partial charge >= 0.3 is 5.97 Å². The Balaban J connectivity index is 4.73. The molecule has 0 radical (unpaired) electrons. The molecule has 0 bridgehead atoms. The van der Waals surface area contributed by atoms with Crippen molar-refractivity contribution >= 4 is 17.5 Å². The molecule has 0 N–H and O–H groups in total. The summed E-state index contributed by atoms with van der Waals surface area (Å²) in [5.74, 6) is -1.94. The first-order valence-corrected chi connectivity index (χ1v) is 5.96. The largest absolute Gasteiger partial charge is 0.465 e. The van der Waals surface area contributed by atoms with E-state index < -0.39 is 17.3 Å². The molecule has 17 heavy (non-hydrogen) atoms. The van der Waals surface area contributed by atoms with Crippen LogP contribution in [0.25, 0.3) is 0 Å². The smallest absolute Gasteiger partial charge is 0.316 e. The van der Waals surface area contributed by atoms with E-state index in [0.717, 1.165) is 0 Å². The van der Waals surface area contributed by atoms with E-state index in [-0.39, 0.29) is 24.6 Å². The van der Waals surface area contributed by atoms with Crippen molar-refractivity contribution in [3.63, 3.8) is 0 Å². The van der Waals surface area contributed by atoms with E-state index >= 15 is 0 Å². The van der Waals surface area contributed by atoms with Crippen LogP contribution in [-0.4, -0.2) is 24.1 Å². The quantitative estimate of drug-likeness (QED) is 0.507. The highest BCUT2D eigenvalue weighted by Gasteiger charge is 2.33. The van der Waals surface area contributed by atoms with Crippen LogP contribution in [0.4, 0.5) is 0 Å². The Labute approximate surface area is 103 Å². The average molecular weight is 242 g/mol. The molecule has 0 aromatic rings. The summed E-state index contributed by atoms with van der Waals surface area (Å²) in [5, 5.41) is 0. The van der Waals surface area contributed by atoms with Gasteiger partial charge in [-0.25, -0.2) is 0 Å². The fourth-order valence-corrected chi connectivity index (χ4v) is 1.29. The monoisotopic (exact) mass is 242 g/mol. The number of carbonyl (C=O) groups excluding carboxylic acids is 3. The fraction of sp³-hybridized carbons (Fsp3) is 0.769. The number of rotatable bonds is 7. The van der Waals surface area contributed by atoms with Crippen LogP contribution in [0.1, 0.15) is 47.5 Å². The Bertz CT molecular complexity index is 305. The summed E-state index contributed by atoms with van der Waals surface area (Å²) in [6.07, 6.45) is 0.619. The van der Waals surface area contributed by atoms with Crippen LogP contribution in [0, 0.1) is 11.3 Å². The minimum atomic E-state index is -0.951. The van der Waals surface area contributed by atoms with Gasteiger partial charge in [0.05, 0.1) is 6.61 Å². The molecule has 0 fully saturated rings. The summed E-state index contributed by atoms with van der Waals surface area (Å²) in [7, 11) is 0. The lowest BCUT2D eigenvalue weighted by Gasteiger charge is -2.22. The van der Waals surface area contributed by atoms with E-state index in [4.69, 9.17) is 4.74 Å². The van der Waals surface area contributed by atoms with Gasteiger partial charge in [-0.05, 0) is 20.3 Å². The van der Waals surface area contributed by atoms with E-state index in [1.165, 1.54) is 6.92 Å². The Kier molecular flexibility index (Phi) is 6.07. The molecule has 0 spiro atoms. The third kappa shape index (κ3) is 4.67. The molecular formula is C13H22O4. The minimum absolute atomic E-state index is 0.0605. The molecule has 0 rings (SSSR count). The minimum Gasteiger partial charge on any atom is -0.465 e. The van der Waals surface area contributed by atoms with Gasteiger partial charge in [0.1, 0.15) is 17.5 Å². The molecule has 1 atom stereocenters. The lowest BCUT2D eigenvalue weighted by Crippen LogP contribution is -2.32. The van der Waals surface area contributed by atoms with Crippen LogP contribution < -0.4 is 0 Å². The molecule has 0 unspecified atom stereocenters. The number of esters is 1. The molecule has 0 aliphatic rings. The van der Waals surface area contributed by atoms with Gasteiger partial charge in [0.2, 0.25) is 0 Å². The summed E-state index contributed by atoms with van der Waals surface area (Å²) in [6.45, 7) is 8.75. The van der Waals surface area contributed by atoms with Gasteiger partial charge in [-0.2, -0.15) is 0 Å². The second-order valence-corrected chi connectivity index (χ2v) is 4.78. The molecule has 0 aromatic carbocycles. The van der Waals surface area contributed by atoms with Crippen LogP contribution in [0.15, 0.2) is 0 Å². The summed E-state index contributed by atoms with van der Waals surface area (Å²) >= 11 is 0. The van der Waals surface area contributed by atoms with E-state index in [1.807, 2.05) is 20.8 Å². The highest BCUT2D eigenvalue weighted by Crippen LogP contribution is 2.25. The fourth-order valence-electron chi connectivity index (χ4n) is 1.29. The normalized spacial score (nSPS) is 13.0. The van der Waals surface area contributed by atoms with Gasteiger partial charge in [0, 0.05) is 11.8 Å². The first kappa shape index (κ1) is 15.8. The first-order chi connectivity index (χ1) is 7.76. The number of ether oxygens (including phenoxy) is 1. The van der Waals surface area contributed by atoms with Crippen molar-refractivity contribution in [2.75, 3.05) is 6.61 Å². The zero-order valence-electron chi connectivity index (χ0n) is 11.3. The molecule has 0 amide bonds. The van der Waals surface area contributed by atoms with Gasteiger partial charge in [-0.15, -0.1) is 0 Å². The lowest BCUT2D eigenvalue weighted by atomic mass is 9.80. The van der Waals surface area contributed by atoms with Crippen LogP contribution >= 0.6 is 0 Å². The third-order valence-electron chi connectivity index (χ3n) is 3.09. The van der Waals surface area contributed by atoms with Crippen LogP contribution in [0.3, 0.4) is 0 Å². The maximum Gasteiger partial charge on any atom is 0.316 e. The second kappa shape index (κ2) is 6.52. The second-order valence-electron chi connectivity index (χ2n) is 4.78. The van der Waals surface area contributed by atoms with Gasteiger partial charge in [-0.1, -0.05) is 20.8 Å². The molecular weight excluding hydrogens is 220 g/mol. The van der Waals surface area contributed by atoms with Crippen molar-refractivity contribution in [1.82, 2.24) is 0 Å². The summed E-state index contributed by atoms with van der Waals surface area (Å²) < 4.78 is 4.80. The Hall–Kier alpha value is -1.19. The first-order valence-electron chi connectivity index (χ1n) is 5.96. The topological polar surface area (TPSA) is 60.4 Å². The average Bonchev–Trinajstić information content (AvgIpc) is 2.25. The van der Waals surface area contributed by atoms with Crippen molar-refractivity contribution in [3.8, 4) is 0 Å². The zero-order valence-corrected chi connectivity index (χ0v) is 11.3. The predicted molar refractivity (Wildman–Crippen MR) is 64.5 cm³/mol. The van der Waals surface area contributed by atoms with Crippen molar-refractivity contribution < 1.29 is 19.1 Å². The molecule has 4 nitrogen and oxygen atoms in total. The molecule has 0 heterocycles. The molecule has 0 aliphatic heterocycles. The van der Waals surface area contributed by atoms with Crippen molar-refractivity contribution in [3.05, 3.63) is 0 Å². The SMILES string of the molecule is CCOC(=O)[C@@H](CC(=O)C(C)(C)CC)C(C)=O. The molecule has 0 aliphatic carbocycles. The maximum absolute atomic E-state index is 12.0. The van der Waals surface area contributed by atoms with E-state index in [9.17, 15) is 14.4 Å². The number of hydrogen-bond acceptors (Lipinski definition) is 4. The van der Waals surface area contributed by atoms with E-state index in [1.54, 1.807) is 6.92 Å². The van der Waals surface area contributed by atoms with Crippen molar-refractivity contribution in [2.24, 2.45) is 11.3 Å². The summed E-state index contributed by atoms with van der Waals surface area (Å²) in [4.78, 5) is 34.9. The van der Waals surface area contributed by atoms with Crippen molar-refractivity contribution in [2.45, 2.75) is 47.5 Å². The number of ketones is 2. The Morgan fingerprint density at radius 1 is 1.18 bits per heavy atom. The lowest BCUT2D eigenvalue weighted by molar-refractivity contribution is -0.153. The van der Waals surface area contributed by atoms with Crippen LogP contribution in [0.2, 0.25) is 0 Å². The van der Waals surface area contributed by atoms with E-state index in [0.29, 0.717) is 6.42 Å². The van der Waals surface area contributed by atoms with Crippen LogP contribution in [0.5, 0.6) is 0 Å². The number of carbonyl (C=O) groups is 3. The number of hydrogen-bond donors (Lipinski definition) is 0. The molecule has 4 heteroatoms. The highest BCUT2D eigenvalue weighted by molar-refractivity contribution is 6.02. The molecule has 0 saturated heterocycles. The van der Waals surface area contributed by atoms with Gasteiger partial charge in [-0.3, -0.25) is 14.4 Å². The summed E-state index contributed by atoms with van der Waals surface area (Å²) in [5.41, 5.74) is -0.500. The van der Waals surface area contributed by atoms with Gasteiger partial charge in [0.15, 0.2) is 0 Å². The van der Waals surface area contributed by atoms with Crippen LogP contribution in [-0.2, 0) is 19.1 Å². The Morgan fingerprint density at radius 2 is 1.71 bits per heavy atom.